The number of nitrogens with one attached hydrogen (secondary N) is 2. The number of anilines is 1. The van der Waals surface area contributed by atoms with Gasteiger partial charge in [0.1, 0.15) is 11.6 Å². The van der Waals surface area contributed by atoms with Crippen molar-refractivity contribution < 1.29 is 23.5 Å². The topological polar surface area (TPSA) is 87.7 Å². The molecule has 26 heavy (non-hydrogen) atoms. The van der Waals surface area contributed by atoms with Gasteiger partial charge < -0.3 is 15.4 Å². The number of hydrogen-bond donors (Lipinski definition) is 2. The predicted molar refractivity (Wildman–Crippen MR) is 90.9 cm³/mol. The van der Waals surface area contributed by atoms with Crippen LogP contribution in [0.2, 0.25) is 0 Å². The van der Waals surface area contributed by atoms with E-state index >= 15 is 0 Å². The summed E-state index contributed by atoms with van der Waals surface area (Å²) in [5.74, 6) is -0.684. The molecule has 0 aliphatic carbocycles. The van der Waals surface area contributed by atoms with Crippen molar-refractivity contribution in [1.29, 1.82) is 0 Å². The summed E-state index contributed by atoms with van der Waals surface area (Å²) in [6.07, 6.45) is 0. The van der Waals surface area contributed by atoms with Crippen LogP contribution in [0.4, 0.5) is 14.9 Å². The molecule has 1 heterocycles. The van der Waals surface area contributed by atoms with Gasteiger partial charge in [0.25, 0.3) is 5.91 Å². The van der Waals surface area contributed by atoms with Gasteiger partial charge in [-0.1, -0.05) is 12.1 Å². The van der Waals surface area contributed by atoms with Gasteiger partial charge in [0, 0.05) is 5.69 Å². The lowest BCUT2D eigenvalue weighted by Crippen LogP contribution is -2.30. The number of halogens is 1. The average Bonchev–Trinajstić information content (AvgIpc) is 2.94. The molecule has 3 rings (SSSR count). The van der Waals surface area contributed by atoms with Gasteiger partial charge in [0.15, 0.2) is 6.61 Å². The maximum atomic E-state index is 12.8. The molecule has 7 nitrogen and oxygen atoms in total. The van der Waals surface area contributed by atoms with Crippen molar-refractivity contribution in [3.63, 3.8) is 0 Å². The van der Waals surface area contributed by atoms with Crippen molar-refractivity contribution in [1.82, 2.24) is 10.2 Å². The highest BCUT2D eigenvalue weighted by atomic mass is 19.1. The van der Waals surface area contributed by atoms with Crippen molar-refractivity contribution in [2.75, 3.05) is 18.5 Å². The quantitative estimate of drug-likeness (QED) is 0.773. The van der Waals surface area contributed by atoms with Gasteiger partial charge in [-0.05, 0) is 42.0 Å². The van der Waals surface area contributed by atoms with Crippen LogP contribution in [0.3, 0.4) is 0 Å². The second kappa shape index (κ2) is 7.64. The van der Waals surface area contributed by atoms with Crippen molar-refractivity contribution >= 4 is 23.5 Å². The zero-order valence-electron chi connectivity index (χ0n) is 13.7. The standard InChI is InChI=1S/C18H16FN3O4/c19-13-4-6-15(7-5-13)26-11-16(23)21-14-3-1-2-12(8-14)10-22-17(24)9-20-18(22)25/h1-8H,9-11H2,(H,20,25)(H,21,23). The summed E-state index contributed by atoms with van der Waals surface area (Å²) in [5.41, 5.74) is 1.22. The highest BCUT2D eigenvalue weighted by molar-refractivity contribution is 6.01. The molecule has 0 atom stereocenters. The Morgan fingerprint density at radius 3 is 2.65 bits per heavy atom. The zero-order chi connectivity index (χ0) is 18.5. The van der Waals surface area contributed by atoms with Crippen LogP contribution in [0.15, 0.2) is 48.5 Å². The number of imide groups is 1. The molecule has 2 aromatic carbocycles. The smallest absolute Gasteiger partial charge is 0.324 e. The Labute approximate surface area is 148 Å². The minimum Gasteiger partial charge on any atom is -0.484 e. The van der Waals surface area contributed by atoms with Gasteiger partial charge in [-0.2, -0.15) is 0 Å². The van der Waals surface area contributed by atoms with E-state index in [9.17, 15) is 18.8 Å². The molecule has 0 spiro atoms. The third-order valence-electron chi connectivity index (χ3n) is 3.67. The van der Waals surface area contributed by atoms with Crippen LogP contribution in [0.25, 0.3) is 0 Å². The van der Waals surface area contributed by atoms with E-state index in [0.717, 1.165) is 4.90 Å². The van der Waals surface area contributed by atoms with Crippen LogP contribution in [-0.2, 0) is 16.1 Å². The zero-order valence-corrected chi connectivity index (χ0v) is 13.7. The fourth-order valence-electron chi connectivity index (χ4n) is 2.42. The van der Waals surface area contributed by atoms with Gasteiger partial charge in [-0.3, -0.25) is 14.5 Å². The summed E-state index contributed by atoms with van der Waals surface area (Å²) in [4.78, 5) is 36.3. The molecule has 134 valence electrons. The van der Waals surface area contributed by atoms with E-state index in [1.54, 1.807) is 24.3 Å². The van der Waals surface area contributed by atoms with E-state index in [0.29, 0.717) is 17.0 Å². The number of ether oxygens (including phenoxy) is 1. The van der Waals surface area contributed by atoms with Gasteiger partial charge in [0.05, 0.1) is 13.1 Å². The van der Waals surface area contributed by atoms with Crippen LogP contribution < -0.4 is 15.4 Å². The molecule has 0 aromatic heterocycles. The molecule has 0 radical (unpaired) electrons. The van der Waals surface area contributed by atoms with E-state index < -0.39 is 6.03 Å². The van der Waals surface area contributed by atoms with E-state index in [2.05, 4.69) is 10.6 Å². The Morgan fingerprint density at radius 2 is 1.96 bits per heavy atom. The van der Waals surface area contributed by atoms with Crippen molar-refractivity contribution in [2.24, 2.45) is 0 Å². The van der Waals surface area contributed by atoms with Crippen LogP contribution in [0.5, 0.6) is 5.75 Å². The monoisotopic (exact) mass is 357 g/mol. The molecular weight excluding hydrogens is 341 g/mol. The number of urea groups is 1. The van der Waals surface area contributed by atoms with Crippen molar-refractivity contribution in [3.05, 3.63) is 59.9 Å². The number of rotatable bonds is 6. The number of carbonyl (C=O) groups is 3. The van der Waals surface area contributed by atoms with Crippen LogP contribution in [-0.4, -0.2) is 35.9 Å². The molecule has 1 saturated heterocycles. The van der Waals surface area contributed by atoms with Gasteiger partial charge in [-0.25, -0.2) is 9.18 Å². The summed E-state index contributed by atoms with van der Waals surface area (Å²) < 4.78 is 18.1. The average molecular weight is 357 g/mol. The van der Waals surface area contributed by atoms with E-state index in [4.69, 9.17) is 4.74 Å². The summed E-state index contributed by atoms with van der Waals surface area (Å²) in [6, 6.07) is 11.7. The number of nitrogens with zero attached hydrogens (tertiary/aromatic N) is 1. The molecule has 4 amide bonds. The third-order valence-corrected chi connectivity index (χ3v) is 3.67. The summed E-state index contributed by atoms with van der Waals surface area (Å²) >= 11 is 0. The Bertz CT molecular complexity index is 823. The second-order valence-corrected chi connectivity index (χ2v) is 5.63. The molecule has 0 unspecified atom stereocenters. The first-order valence-electron chi connectivity index (χ1n) is 7.86. The first-order valence-corrected chi connectivity index (χ1v) is 7.86. The molecule has 0 bridgehead atoms. The first kappa shape index (κ1) is 17.4. The van der Waals surface area contributed by atoms with Crippen LogP contribution >= 0.6 is 0 Å². The van der Waals surface area contributed by atoms with Crippen molar-refractivity contribution in [3.8, 4) is 5.75 Å². The Hall–Kier alpha value is -3.42. The number of hydrogen-bond acceptors (Lipinski definition) is 4. The molecular formula is C18H16FN3O4. The molecule has 8 heteroatoms. The maximum Gasteiger partial charge on any atom is 0.324 e. The maximum absolute atomic E-state index is 12.8. The molecule has 2 aromatic rings. The molecule has 0 saturated carbocycles. The normalized spacial score (nSPS) is 13.5. The minimum atomic E-state index is -0.433. The lowest BCUT2D eigenvalue weighted by atomic mass is 10.2. The Morgan fingerprint density at radius 1 is 1.19 bits per heavy atom. The predicted octanol–water partition coefficient (Wildman–Crippen LogP) is 1.89. The number of amides is 4. The molecule has 2 N–H and O–H groups in total. The van der Waals surface area contributed by atoms with Crippen LogP contribution in [0, 0.1) is 5.82 Å². The number of benzene rings is 2. The van der Waals surface area contributed by atoms with Gasteiger partial charge in [-0.15, -0.1) is 0 Å². The highest BCUT2D eigenvalue weighted by Gasteiger charge is 2.28. The van der Waals surface area contributed by atoms with Crippen molar-refractivity contribution in [2.45, 2.75) is 6.54 Å². The van der Waals surface area contributed by atoms with Gasteiger partial charge >= 0.3 is 6.03 Å². The number of carbonyl (C=O) groups excluding carboxylic acids is 3. The van der Waals surface area contributed by atoms with Crippen LogP contribution in [0.1, 0.15) is 5.56 Å². The lowest BCUT2D eigenvalue weighted by molar-refractivity contribution is -0.125. The molecule has 1 fully saturated rings. The first-order chi connectivity index (χ1) is 12.5. The molecule has 1 aliphatic heterocycles. The summed E-state index contributed by atoms with van der Waals surface area (Å²) in [6.45, 7) is -0.112. The summed E-state index contributed by atoms with van der Waals surface area (Å²) in [5, 5.41) is 5.12. The fraction of sp³-hybridized carbons (Fsp3) is 0.167. The second-order valence-electron chi connectivity index (χ2n) is 5.63. The SMILES string of the molecule is O=C(COc1ccc(F)cc1)Nc1cccc(CN2C(=O)CNC2=O)c1. The summed E-state index contributed by atoms with van der Waals surface area (Å²) in [7, 11) is 0. The Kier molecular flexibility index (Phi) is 5.12. The Balaban J connectivity index is 1.56. The van der Waals surface area contributed by atoms with E-state index in [-0.39, 0.29) is 37.3 Å². The largest absolute Gasteiger partial charge is 0.484 e. The van der Waals surface area contributed by atoms with E-state index in [1.165, 1.54) is 24.3 Å². The molecule has 1 aliphatic rings. The fourth-order valence-corrected chi connectivity index (χ4v) is 2.42. The highest BCUT2D eigenvalue weighted by Crippen LogP contribution is 2.15. The minimum absolute atomic E-state index is 0.00398. The van der Waals surface area contributed by atoms with Gasteiger partial charge in [0.2, 0.25) is 5.91 Å². The van der Waals surface area contributed by atoms with E-state index in [1.807, 2.05) is 0 Å². The third kappa shape index (κ3) is 4.35. The lowest BCUT2D eigenvalue weighted by Gasteiger charge is -2.13.